The Morgan fingerprint density at radius 2 is 2.06 bits per heavy atom. The van der Waals surface area contributed by atoms with Gasteiger partial charge in [-0.15, -0.1) is 0 Å². The average Bonchev–Trinajstić information content (AvgIpc) is 2.39. The summed E-state index contributed by atoms with van der Waals surface area (Å²) in [5.41, 5.74) is 6.18. The second-order valence-electron chi connectivity index (χ2n) is 6.02. The number of nitrogens with zero attached hydrogens (tertiary/aromatic N) is 1. The van der Waals surface area contributed by atoms with Crippen molar-refractivity contribution >= 4 is 0 Å². The highest BCUT2D eigenvalue weighted by Gasteiger charge is 2.40. The molecule has 0 aromatic heterocycles. The van der Waals surface area contributed by atoms with Crippen molar-refractivity contribution in [2.24, 2.45) is 11.7 Å². The van der Waals surface area contributed by atoms with Crippen LogP contribution in [0.5, 0.6) is 0 Å². The van der Waals surface area contributed by atoms with Gasteiger partial charge < -0.3 is 10.5 Å². The van der Waals surface area contributed by atoms with Gasteiger partial charge in [0.05, 0.1) is 12.1 Å². The Morgan fingerprint density at radius 1 is 1.29 bits per heavy atom. The molecule has 2 N–H and O–H groups in total. The summed E-state index contributed by atoms with van der Waals surface area (Å²) in [7, 11) is 2.27. The summed E-state index contributed by atoms with van der Waals surface area (Å²) in [6.45, 7) is 4.86. The second-order valence-corrected chi connectivity index (χ2v) is 6.02. The van der Waals surface area contributed by atoms with E-state index in [1.807, 2.05) is 0 Å². The molecule has 17 heavy (non-hydrogen) atoms. The molecule has 3 heteroatoms. The quantitative estimate of drug-likeness (QED) is 0.820. The summed E-state index contributed by atoms with van der Waals surface area (Å²) in [6, 6.07) is 0.703. The molecule has 1 aliphatic heterocycles. The summed E-state index contributed by atoms with van der Waals surface area (Å²) in [5.74, 6) is 0.805. The SMILES string of the molecule is CC1CCCCC1N(C)C1(CN)CCCOC1. The zero-order valence-electron chi connectivity index (χ0n) is 11.5. The Morgan fingerprint density at radius 3 is 2.65 bits per heavy atom. The lowest BCUT2D eigenvalue weighted by Gasteiger charge is -2.50. The van der Waals surface area contributed by atoms with E-state index < -0.39 is 0 Å². The molecule has 3 atom stereocenters. The highest BCUT2D eigenvalue weighted by Crippen LogP contribution is 2.34. The predicted octanol–water partition coefficient (Wildman–Crippen LogP) is 2.00. The minimum absolute atomic E-state index is 0.106. The lowest BCUT2D eigenvalue weighted by Crippen LogP contribution is -2.61. The summed E-state index contributed by atoms with van der Waals surface area (Å²) < 4.78 is 5.70. The summed E-state index contributed by atoms with van der Waals surface area (Å²) in [6.07, 6.45) is 7.83. The highest BCUT2D eigenvalue weighted by atomic mass is 16.5. The van der Waals surface area contributed by atoms with Crippen molar-refractivity contribution in [1.82, 2.24) is 4.90 Å². The molecule has 0 amide bonds. The first-order chi connectivity index (χ1) is 8.19. The third kappa shape index (κ3) is 2.67. The fraction of sp³-hybridized carbons (Fsp3) is 1.00. The van der Waals surface area contributed by atoms with Crippen LogP contribution in [-0.4, -0.2) is 43.3 Å². The molecule has 1 aliphatic carbocycles. The minimum atomic E-state index is 0.106. The maximum Gasteiger partial charge on any atom is 0.0662 e. The first kappa shape index (κ1) is 13.3. The molecule has 0 bridgehead atoms. The van der Waals surface area contributed by atoms with Crippen LogP contribution in [0.4, 0.5) is 0 Å². The van der Waals surface area contributed by atoms with Gasteiger partial charge in [0.1, 0.15) is 0 Å². The lowest BCUT2D eigenvalue weighted by atomic mass is 9.81. The third-order valence-electron chi connectivity index (χ3n) is 4.99. The molecule has 0 aromatic carbocycles. The van der Waals surface area contributed by atoms with Gasteiger partial charge in [0.25, 0.3) is 0 Å². The van der Waals surface area contributed by atoms with Crippen LogP contribution in [0.15, 0.2) is 0 Å². The van der Waals surface area contributed by atoms with Gasteiger partial charge in [0.15, 0.2) is 0 Å². The van der Waals surface area contributed by atoms with E-state index in [0.717, 1.165) is 32.1 Å². The van der Waals surface area contributed by atoms with Crippen LogP contribution in [-0.2, 0) is 4.74 Å². The second kappa shape index (κ2) is 5.68. The van der Waals surface area contributed by atoms with Gasteiger partial charge >= 0.3 is 0 Å². The Bertz CT molecular complexity index is 238. The normalized spacial score (nSPS) is 39.5. The molecule has 0 aromatic rings. The van der Waals surface area contributed by atoms with Crippen LogP contribution in [0.2, 0.25) is 0 Å². The number of nitrogens with two attached hydrogens (primary N) is 1. The van der Waals surface area contributed by atoms with Gasteiger partial charge in [-0.25, -0.2) is 0 Å². The van der Waals surface area contributed by atoms with Crippen molar-refractivity contribution in [2.75, 3.05) is 26.8 Å². The zero-order valence-corrected chi connectivity index (χ0v) is 11.5. The van der Waals surface area contributed by atoms with E-state index in [4.69, 9.17) is 10.5 Å². The van der Waals surface area contributed by atoms with Crippen molar-refractivity contribution < 1.29 is 4.74 Å². The highest BCUT2D eigenvalue weighted by molar-refractivity contribution is 4.96. The van der Waals surface area contributed by atoms with Gasteiger partial charge in [-0.3, -0.25) is 4.90 Å². The van der Waals surface area contributed by atoms with Gasteiger partial charge in [-0.1, -0.05) is 19.8 Å². The maximum atomic E-state index is 6.07. The number of ether oxygens (including phenoxy) is 1. The number of hydrogen-bond donors (Lipinski definition) is 1. The van der Waals surface area contributed by atoms with E-state index in [1.165, 1.54) is 32.1 Å². The third-order valence-corrected chi connectivity index (χ3v) is 4.99. The lowest BCUT2D eigenvalue weighted by molar-refractivity contribution is -0.0651. The average molecular weight is 240 g/mol. The molecule has 3 unspecified atom stereocenters. The van der Waals surface area contributed by atoms with Crippen molar-refractivity contribution in [1.29, 1.82) is 0 Å². The van der Waals surface area contributed by atoms with E-state index in [0.29, 0.717) is 6.04 Å². The van der Waals surface area contributed by atoms with Crippen LogP contribution >= 0.6 is 0 Å². The van der Waals surface area contributed by atoms with E-state index in [2.05, 4.69) is 18.9 Å². The molecule has 0 radical (unpaired) electrons. The summed E-state index contributed by atoms with van der Waals surface area (Å²) in [4.78, 5) is 2.57. The van der Waals surface area contributed by atoms with Crippen molar-refractivity contribution in [2.45, 2.75) is 57.0 Å². The Balaban J connectivity index is 2.07. The predicted molar refractivity (Wildman–Crippen MR) is 71.0 cm³/mol. The van der Waals surface area contributed by atoms with Crippen LogP contribution in [0.3, 0.4) is 0 Å². The minimum Gasteiger partial charge on any atom is -0.379 e. The fourth-order valence-electron chi connectivity index (χ4n) is 3.64. The first-order valence-electron chi connectivity index (χ1n) is 7.20. The number of likely N-dealkylation sites (N-methyl/N-ethyl adjacent to an activating group) is 1. The van der Waals surface area contributed by atoms with Crippen LogP contribution in [0, 0.1) is 5.92 Å². The molecule has 1 saturated heterocycles. The van der Waals surface area contributed by atoms with Crippen LogP contribution in [0.25, 0.3) is 0 Å². The molecule has 2 rings (SSSR count). The van der Waals surface area contributed by atoms with E-state index in [-0.39, 0.29) is 5.54 Å². The molecule has 1 saturated carbocycles. The van der Waals surface area contributed by atoms with Crippen LogP contribution < -0.4 is 5.73 Å². The van der Waals surface area contributed by atoms with E-state index in [9.17, 15) is 0 Å². The van der Waals surface area contributed by atoms with Crippen molar-refractivity contribution in [3.8, 4) is 0 Å². The summed E-state index contributed by atoms with van der Waals surface area (Å²) >= 11 is 0. The monoisotopic (exact) mass is 240 g/mol. The standard InChI is InChI=1S/C14H28N2O/c1-12-6-3-4-7-13(12)16(2)14(10-15)8-5-9-17-11-14/h12-13H,3-11,15H2,1-2H3. The van der Waals surface area contributed by atoms with Gasteiger partial charge in [0, 0.05) is 19.2 Å². The van der Waals surface area contributed by atoms with E-state index in [1.54, 1.807) is 0 Å². The molecule has 3 nitrogen and oxygen atoms in total. The van der Waals surface area contributed by atoms with E-state index >= 15 is 0 Å². The molecule has 0 spiro atoms. The van der Waals surface area contributed by atoms with Gasteiger partial charge in [-0.05, 0) is 38.6 Å². The Kier molecular flexibility index (Phi) is 4.45. The maximum absolute atomic E-state index is 6.07. The first-order valence-corrected chi connectivity index (χ1v) is 7.20. The van der Waals surface area contributed by atoms with Crippen molar-refractivity contribution in [3.63, 3.8) is 0 Å². The molecule has 2 aliphatic rings. The largest absolute Gasteiger partial charge is 0.379 e. The van der Waals surface area contributed by atoms with Crippen molar-refractivity contribution in [3.05, 3.63) is 0 Å². The number of hydrogen-bond acceptors (Lipinski definition) is 3. The van der Waals surface area contributed by atoms with Gasteiger partial charge in [-0.2, -0.15) is 0 Å². The molecule has 2 fully saturated rings. The molecular formula is C14H28N2O. The van der Waals surface area contributed by atoms with Gasteiger partial charge in [0.2, 0.25) is 0 Å². The number of rotatable bonds is 3. The Hall–Kier alpha value is -0.120. The molecule has 100 valence electrons. The fourth-order valence-corrected chi connectivity index (χ4v) is 3.64. The topological polar surface area (TPSA) is 38.5 Å². The molecular weight excluding hydrogens is 212 g/mol. The Labute approximate surface area is 106 Å². The summed E-state index contributed by atoms with van der Waals surface area (Å²) in [5, 5.41) is 0. The van der Waals surface area contributed by atoms with Crippen LogP contribution in [0.1, 0.15) is 45.4 Å². The molecule has 1 heterocycles. The smallest absolute Gasteiger partial charge is 0.0662 e. The zero-order chi connectivity index (χ0) is 12.3.